The Hall–Kier alpha value is -4.75. The Morgan fingerprint density at radius 3 is 1.15 bits per heavy atom. The van der Waals surface area contributed by atoms with E-state index in [2.05, 4.69) is 60.7 Å². The molecule has 2 amide bonds. The van der Waals surface area contributed by atoms with Gasteiger partial charge < -0.3 is 43.0 Å². The van der Waals surface area contributed by atoms with E-state index in [1.165, 1.54) is 22.3 Å². The molecule has 0 aliphatic carbocycles. The summed E-state index contributed by atoms with van der Waals surface area (Å²) in [5.41, 5.74) is 5.05. The van der Waals surface area contributed by atoms with Crippen LogP contribution >= 0.6 is 0 Å². The van der Waals surface area contributed by atoms with E-state index in [4.69, 9.17) is 28.4 Å². The summed E-state index contributed by atoms with van der Waals surface area (Å²) in [6.45, 7) is 11.8. The van der Waals surface area contributed by atoms with E-state index >= 15 is 0 Å². The Morgan fingerprint density at radius 1 is 0.448 bits per heavy atom. The average molecular weight is 925 g/mol. The Labute approximate surface area is 402 Å². The molecule has 0 bridgehead atoms. The standard InChI is InChI=1S/C30H45NO5.C26H35NO4/c1-3-35-30(36-4-2)26-31(29(32)20-25-34-24-19-28-16-10-6-11-17-28)21-12-7-13-22-33-23-18-27-14-8-5-9-15-27;28-19-18-27(26(29)16-23-31-22-15-25-12-6-2-7-13-25)17-8-3-9-20-30-21-14-24-10-4-1-5-11-24/h5-6,8-11,14-17,30H,3-4,7,12-13,18-26H2,1-2H3;1-2,4-7,10-13,19H,3,8-9,14-18,20-23H2. The molecule has 0 aromatic heterocycles. The van der Waals surface area contributed by atoms with E-state index in [0.29, 0.717) is 72.1 Å². The summed E-state index contributed by atoms with van der Waals surface area (Å²) in [5.74, 6) is 0.0594. The van der Waals surface area contributed by atoms with Crippen molar-refractivity contribution in [3.8, 4) is 0 Å². The highest BCUT2D eigenvalue weighted by Gasteiger charge is 2.19. The summed E-state index contributed by atoms with van der Waals surface area (Å²) in [7, 11) is 0. The van der Waals surface area contributed by atoms with Gasteiger partial charge in [0.05, 0.1) is 65.6 Å². The van der Waals surface area contributed by atoms with Crippen LogP contribution in [0.1, 0.15) is 87.5 Å². The van der Waals surface area contributed by atoms with Gasteiger partial charge in [0, 0.05) is 39.5 Å². The molecule has 0 radical (unpaired) electrons. The second-order valence-corrected chi connectivity index (χ2v) is 16.2. The first-order chi connectivity index (χ1) is 33.0. The third-order valence-corrected chi connectivity index (χ3v) is 10.9. The van der Waals surface area contributed by atoms with Crippen LogP contribution in [0.25, 0.3) is 0 Å². The predicted molar refractivity (Wildman–Crippen MR) is 267 cm³/mol. The van der Waals surface area contributed by atoms with E-state index < -0.39 is 6.29 Å². The van der Waals surface area contributed by atoms with Crippen LogP contribution in [0.4, 0.5) is 0 Å². The van der Waals surface area contributed by atoms with Crippen molar-refractivity contribution < 1.29 is 42.8 Å². The minimum Gasteiger partial charge on any atom is -0.381 e. The third-order valence-electron chi connectivity index (χ3n) is 10.9. The molecular formula is C56H80N2O9. The number of rotatable bonds is 38. The van der Waals surface area contributed by atoms with Crippen molar-refractivity contribution in [2.75, 3.05) is 92.2 Å². The quantitative estimate of drug-likeness (QED) is 0.0247. The molecule has 67 heavy (non-hydrogen) atoms. The molecule has 0 atom stereocenters. The number of nitrogens with zero attached hydrogens (tertiary/aromatic N) is 2. The van der Waals surface area contributed by atoms with Crippen molar-refractivity contribution in [3.63, 3.8) is 0 Å². The second-order valence-electron chi connectivity index (χ2n) is 16.2. The smallest absolute Gasteiger partial charge is 0.225 e. The van der Waals surface area contributed by atoms with Crippen LogP contribution in [0.2, 0.25) is 0 Å². The predicted octanol–water partition coefficient (Wildman–Crippen LogP) is 9.39. The maximum absolute atomic E-state index is 13.0. The number of benzene rings is 4. The number of aldehydes is 1. The van der Waals surface area contributed by atoms with Gasteiger partial charge in [-0.25, -0.2) is 0 Å². The van der Waals surface area contributed by atoms with Crippen LogP contribution in [0.5, 0.6) is 0 Å². The Kier molecular flexibility index (Phi) is 33.2. The zero-order valence-corrected chi connectivity index (χ0v) is 40.7. The van der Waals surface area contributed by atoms with E-state index in [-0.39, 0.29) is 18.4 Å². The summed E-state index contributed by atoms with van der Waals surface area (Å²) in [6, 6.07) is 41.1. The Balaban J connectivity index is 0.000000359. The molecule has 11 nitrogen and oxygen atoms in total. The third kappa shape index (κ3) is 28.9. The van der Waals surface area contributed by atoms with Crippen molar-refractivity contribution in [3.05, 3.63) is 144 Å². The molecule has 0 saturated carbocycles. The molecule has 4 rings (SSSR count). The van der Waals surface area contributed by atoms with Crippen molar-refractivity contribution in [1.82, 2.24) is 9.80 Å². The minimum atomic E-state index is -0.399. The van der Waals surface area contributed by atoms with E-state index in [1.807, 2.05) is 79.4 Å². The number of amides is 2. The summed E-state index contributed by atoms with van der Waals surface area (Å²) < 4.78 is 34.2. The average Bonchev–Trinajstić information content (AvgIpc) is 3.36. The fourth-order valence-corrected chi connectivity index (χ4v) is 7.18. The summed E-state index contributed by atoms with van der Waals surface area (Å²) in [5, 5.41) is 0. The van der Waals surface area contributed by atoms with Gasteiger partial charge in [-0.15, -0.1) is 0 Å². The largest absolute Gasteiger partial charge is 0.381 e. The Bertz CT molecular complexity index is 1760. The number of ether oxygens (including phenoxy) is 6. The van der Waals surface area contributed by atoms with Crippen LogP contribution in [0, 0.1) is 0 Å². The molecule has 0 N–H and O–H groups in total. The molecule has 0 unspecified atom stereocenters. The molecule has 0 aliphatic rings. The van der Waals surface area contributed by atoms with Crippen molar-refractivity contribution >= 4 is 18.1 Å². The fraction of sp³-hybridized carbons (Fsp3) is 0.518. The van der Waals surface area contributed by atoms with Crippen LogP contribution in [-0.4, -0.2) is 126 Å². The van der Waals surface area contributed by atoms with Crippen LogP contribution in [0.3, 0.4) is 0 Å². The molecule has 11 heteroatoms. The molecule has 4 aromatic carbocycles. The Morgan fingerprint density at radius 2 is 0.791 bits per heavy atom. The molecule has 0 heterocycles. The molecule has 0 aliphatic heterocycles. The van der Waals surface area contributed by atoms with Gasteiger partial charge >= 0.3 is 0 Å². The highest BCUT2D eigenvalue weighted by molar-refractivity contribution is 5.78. The number of unbranched alkanes of at least 4 members (excludes halogenated alkanes) is 4. The molecule has 0 saturated heterocycles. The van der Waals surface area contributed by atoms with Gasteiger partial charge in [-0.1, -0.05) is 121 Å². The zero-order chi connectivity index (χ0) is 47.7. The van der Waals surface area contributed by atoms with Crippen molar-refractivity contribution in [1.29, 1.82) is 0 Å². The van der Waals surface area contributed by atoms with Gasteiger partial charge in [0.2, 0.25) is 11.8 Å². The maximum atomic E-state index is 13.0. The topological polar surface area (TPSA) is 113 Å². The monoisotopic (exact) mass is 925 g/mol. The van der Waals surface area contributed by atoms with Crippen LogP contribution in [0.15, 0.2) is 121 Å². The maximum Gasteiger partial charge on any atom is 0.225 e. The highest BCUT2D eigenvalue weighted by atomic mass is 16.7. The second kappa shape index (κ2) is 39.3. The lowest BCUT2D eigenvalue weighted by molar-refractivity contribution is -0.159. The first kappa shape index (κ1) is 56.6. The van der Waals surface area contributed by atoms with Gasteiger partial charge in [0.25, 0.3) is 0 Å². The van der Waals surface area contributed by atoms with Gasteiger partial charge in [-0.2, -0.15) is 0 Å². The molecule has 0 spiro atoms. The number of carbonyl (C=O) groups excluding carboxylic acids is 3. The number of hydrogen-bond donors (Lipinski definition) is 0. The van der Waals surface area contributed by atoms with Crippen LogP contribution < -0.4 is 0 Å². The van der Waals surface area contributed by atoms with Crippen molar-refractivity contribution in [2.45, 2.75) is 97.2 Å². The van der Waals surface area contributed by atoms with Crippen molar-refractivity contribution in [2.24, 2.45) is 0 Å². The molecule has 368 valence electrons. The lowest BCUT2D eigenvalue weighted by atomic mass is 10.2. The van der Waals surface area contributed by atoms with Gasteiger partial charge in [0.1, 0.15) is 6.29 Å². The van der Waals surface area contributed by atoms with E-state index in [0.717, 1.165) is 96.9 Å². The minimum absolute atomic E-state index is 0.0223. The summed E-state index contributed by atoms with van der Waals surface area (Å²) >= 11 is 0. The van der Waals surface area contributed by atoms with Gasteiger partial charge in [-0.05, 0) is 100 Å². The summed E-state index contributed by atoms with van der Waals surface area (Å²) in [6.07, 6.45) is 10.3. The van der Waals surface area contributed by atoms with E-state index in [9.17, 15) is 14.4 Å². The zero-order valence-electron chi connectivity index (χ0n) is 40.7. The fourth-order valence-electron chi connectivity index (χ4n) is 7.18. The highest BCUT2D eigenvalue weighted by Crippen LogP contribution is 2.09. The van der Waals surface area contributed by atoms with Crippen LogP contribution in [-0.2, 0) is 68.5 Å². The molecule has 0 fully saturated rings. The first-order valence-electron chi connectivity index (χ1n) is 24.7. The summed E-state index contributed by atoms with van der Waals surface area (Å²) in [4.78, 5) is 39.8. The van der Waals surface area contributed by atoms with Gasteiger partial charge in [0.15, 0.2) is 6.29 Å². The number of hydrogen-bond acceptors (Lipinski definition) is 9. The van der Waals surface area contributed by atoms with E-state index in [1.54, 1.807) is 4.90 Å². The lowest BCUT2D eigenvalue weighted by Gasteiger charge is -2.27. The molecular weight excluding hydrogens is 845 g/mol. The molecule has 4 aromatic rings. The SMILES string of the molecule is CCOC(CN(CCCCCOCCc1ccccc1)C(=O)CCOCCc1ccccc1)OCC.O=CCN(CCCCCOCCc1ccccc1)C(=O)CCOCCc1ccccc1. The first-order valence-corrected chi connectivity index (χ1v) is 24.7. The normalized spacial score (nSPS) is 11.0. The lowest BCUT2D eigenvalue weighted by Crippen LogP contribution is -2.40. The number of carbonyl (C=O) groups is 3. The van der Waals surface area contributed by atoms with Gasteiger partial charge in [-0.3, -0.25) is 9.59 Å².